The molecule has 0 aliphatic carbocycles. The number of ether oxygens (including phenoxy) is 1. The minimum atomic E-state index is -0.511. The minimum Gasteiger partial charge on any atom is -0.496 e. The summed E-state index contributed by atoms with van der Waals surface area (Å²) >= 11 is 0. The number of halogens is 1. The Labute approximate surface area is 117 Å². The third kappa shape index (κ3) is 2.89. The van der Waals surface area contributed by atoms with E-state index in [0.717, 1.165) is 16.9 Å². The largest absolute Gasteiger partial charge is 0.496 e. The van der Waals surface area contributed by atoms with Gasteiger partial charge in [0.2, 0.25) is 0 Å². The van der Waals surface area contributed by atoms with Crippen LogP contribution < -0.4 is 10.1 Å². The fourth-order valence-corrected chi connectivity index (χ4v) is 2.03. The van der Waals surface area contributed by atoms with Crippen LogP contribution in [0.2, 0.25) is 0 Å². The SMILES string of the molecule is COc1ccc(CNc2cccc(F)c2C#N)cc1C. The fraction of sp³-hybridized carbons (Fsp3) is 0.188. The van der Waals surface area contributed by atoms with Gasteiger partial charge in [-0.3, -0.25) is 0 Å². The number of benzene rings is 2. The number of aryl methyl sites for hydroxylation is 1. The lowest BCUT2D eigenvalue weighted by molar-refractivity contribution is 0.411. The van der Waals surface area contributed by atoms with Gasteiger partial charge in [0.25, 0.3) is 0 Å². The number of methoxy groups -OCH3 is 1. The first kappa shape index (κ1) is 13.9. The molecular weight excluding hydrogens is 255 g/mol. The maximum absolute atomic E-state index is 13.5. The molecule has 2 aromatic rings. The molecule has 1 N–H and O–H groups in total. The lowest BCUT2D eigenvalue weighted by atomic mass is 10.1. The molecule has 2 rings (SSSR count). The molecule has 0 aliphatic heterocycles. The van der Waals surface area contributed by atoms with E-state index in [1.54, 1.807) is 19.2 Å². The first-order chi connectivity index (χ1) is 9.65. The number of hydrogen-bond donors (Lipinski definition) is 1. The smallest absolute Gasteiger partial charge is 0.143 e. The molecule has 0 saturated heterocycles. The highest BCUT2D eigenvalue weighted by Crippen LogP contribution is 2.21. The van der Waals surface area contributed by atoms with Crippen LogP contribution in [0.4, 0.5) is 10.1 Å². The summed E-state index contributed by atoms with van der Waals surface area (Å²) < 4.78 is 18.7. The third-order valence-electron chi connectivity index (χ3n) is 3.07. The fourth-order valence-electron chi connectivity index (χ4n) is 2.03. The van der Waals surface area contributed by atoms with Crippen molar-refractivity contribution in [2.45, 2.75) is 13.5 Å². The molecule has 0 atom stereocenters. The van der Waals surface area contributed by atoms with E-state index in [-0.39, 0.29) is 5.56 Å². The van der Waals surface area contributed by atoms with E-state index >= 15 is 0 Å². The Kier molecular flexibility index (Phi) is 4.21. The Morgan fingerprint density at radius 2 is 2.10 bits per heavy atom. The van der Waals surface area contributed by atoms with Crippen LogP contribution in [0.3, 0.4) is 0 Å². The molecule has 0 aliphatic rings. The van der Waals surface area contributed by atoms with Crippen LogP contribution >= 0.6 is 0 Å². The number of hydrogen-bond acceptors (Lipinski definition) is 3. The molecule has 0 amide bonds. The second kappa shape index (κ2) is 6.07. The van der Waals surface area contributed by atoms with E-state index < -0.39 is 5.82 Å². The van der Waals surface area contributed by atoms with Gasteiger partial charge in [-0.1, -0.05) is 18.2 Å². The molecule has 0 aromatic heterocycles. The summed E-state index contributed by atoms with van der Waals surface area (Å²) in [6.07, 6.45) is 0. The molecule has 0 radical (unpaired) electrons. The normalized spacial score (nSPS) is 9.90. The van der Waals surface area contributed by atoms with E-state index in [0.29, 0.717) is 12.2 Å². The van der Waals surface area contributed by atoms with Gasteiger partial charge in [0, 0.05) is 6.54 Å². The van der Waals surface area contributed by atoms with Crippen LogP contribution in [0.5, 0.6) is 5.75 Å². The number of rotatable bonds is 4. The molecule has 20 heavy (non-hydrogen) atoms. The second-order valence-electron chi connectivity index (χ2n) is 4.43. The molecule has 0 unspecified atom stereocenters. The number of anilines is 1. The highest BCUT2D eigenvalue weighted by molar-refractivity contribution is 5.58. The van der Waals surface area contributed by atoms with Crippen molar-refractivity contribution in [2.24, 2.45) is 0 Å². The van der Waals surface area contributed by atoms with Crippen LogP contribution in [-0.2, 0) is 6.54 Å². The molecule has 0 heterocycles. The van der Waals surface area contributed by atoms with Gasteiger partial charge < -0.3 is 10.1 Å². The monoisotopic (exact) mass is 270 g/mol. The lowest BCUT2D eigenvalue weighted by Crippen LogP contribution is -2.03. The average molecular weight is 270 g/mol. The summed E-state index contributed by atoms with van der Waals surface area (Å²) in [5, 5.41) is 12.0. The van der Waals surface area contributed by atoms with Gasteiger partial charge in [-0.05, 0) is 36.2 Å². The van der Waals surface area contributed by atoms with Crippen molar-refractivity contribution < 1.29 is 9.13 Å². The van der Waals surface area contributed by atoms with Gasteiger partial charge in [0.15, 0.2) is 0 Å². The summed E-state index contributed by atoms with van der Waals surface area (Å²) in [6, 6.07) is 12.2. The summed E-state index contributed by atoms with van der Waals surface area (Å²) in [4.78, 5) is 0. The van der Waals surface area contributed by atoms with Crippen molar-refractivity contribution in [1.82, 2.24) is 0 Å². The second-order valence-corrected chi connectivity index (χ2v) is 4.43. The quantitative estimate of drug-likeness (QED) is 0.922. The van der Waals surface area contributed by atoms with Crippen LogP contribution in [0.1, 0.15) is 16.7 Å². The summed E-state index contributed by atoms with van der Waals surface area (Å²) in [5.41, 5.74) is 2.61. The maximum Gasteiger partial charge on any atom is 0.143 e. The van der Waals surface area contributed by atoms with Crippen LogP contribution in [0.15, 0.2) is 36.4 Å². The Balaban J connectivity index is 2.15. The Morgan fingerprint density at radius 1 is 1.30 bits per heavy atom. The van der Waals surface area contributed by atoms with Gasteiger partial charge in [-0.15, -0.1) is 0 Å². The van der Waals surface area contributed by atoms with Crippen molar-refractivity contribution in [2.75, 3.05) is 12.4 Å². The molecule has 4 heteroatoms. The molecule has 0 spiro atoms. The summed E-state index contributed by atoms with van der Waals surface area (Å²) in [7, 11) is 1.63. The van der Waals surface area contributed by atoms with Crippen molar-refractivity contribution in [3.05, 3.63) is 58.9 Å². The van der Waals surface area contributed by atoms with E-state index in [9.17, 15) is 4.39 Å². The van der Waals surface area contributed by atoms with E-state index in [1.165, 1.54) is 6.07 Å². The zero-order valence-corrected chi connectivity index (χ0v) is 11.4. The van der Waals surface area contributed by atoms with Crippen molar-refractivity contribution in [3.8, 4) is 11.8 Å². The Morgan fingerprint density at radius 3 is 2.75 bits per heavy atom. The lowest BCUT2D eigenvalue weighted by Gasteiger charge is -2.11. The van der Waals surface area contributed by atoms with E-state index in [4.69, 9.17) is 10.00 Å². The molecule has 0 fully saturated rings. The number of nitrogens with zero attached hydrogens (tertiary/aromatic N) is 1. The first-order valence-electron chi connectivity index (χ1n) is 6.21. The topological polar surface area (TPSA) is 45.0 Å². The van der Waals surface area contributed by atoms with Gasteiger partial charge in [0.1, 0.15) is 23.2 Å². The van der Waals surface area contributed by atoms with Crippen molar-refractivity contribution >= 4 is 5.69 Å². The Bertz CT molecular complexity index is 662. The predicted octanol–water partition coefficient (Wildman–Crippen LogP) is 3.63. The van der Waals surface area contributed by atoms with Gasteiger partial charge >= 0.3 is 0 Å². The maximum atomic E-state index is 13.5. The van der Waals surface area contributed by atoms with Crippen LogP contribution in [0.25, 0.3) is 0 Å². The molecular formula is C16H15FN2O. The zero-order valence-electron chi connectivity index (χ0n) is 11.4. The molecule has 2 aromatic carbocycles. The van der Waals surface area contributed by atoms with E-state index in [1.807, 2.05) is 31.2 Å². The highest BCUT2D eigenvalue weighted by atomic mass is 19.1. The summed E-state index contributed by atoms with van der Waals surface area (Å²) in [6.45, 7) is 2.48. The predicted molar refractivity (Wildman–Crippen MR) is 76.2 cm³/mol. The third-order valence-corrected chi connectivity index (χ3v) is 3.07. The average Bonchev–Trinajstić information content (AvgIpc) is 2.45. The molecule has 3 nitrogen and oxygen atoms in total. The first-order valence-corrected chi connectivity index (χ1v) is 6.21. The number of nitriles is 1. The van der Waals surface area contributed by atoms with Gasteiger partial charge in [-0.2, -0.15) is 5.26 Å². The van der Waals surface area contributed by atoms with Gasteiger partial charge in [-0.25, -0.2) is 4.39 Å². The molecule has 0 bridgehead atoms. The van der Waals surface area contributed by atoms with Crippen molar-refractivity contribution in [3.63, 3.8) is 0 Å². The summed E-state index contributed by atoms with van der Waals surface area (Å²) in [5.74, 6) is 0.320. The standard InChI is InChI=1S/C16H15FN2O/c1-11-8-12(6-7-16(11)20-2)10-19-15-5-3-4-14(17)13(15)9-18/h3-8,19H,10H2,1-2H3. The van der Waals surface area contributed by atoms with E-state index in [2.05, 4.69) is 5.32 Å². The van der Waals surface area contributed by atoms with Crippen LogP contribution in [0, 0.1) is 24.1 Å². The number of nitrogens with one attached hydrogen (secondary N) is 1. The zero-order chi connectivity index (χ0) is 14.5. The van der Waals surface area contributed by atoms with Crippen LogP contribution in [-0.4, -0.2) is 7.11 Å². The minimum absolute atomic E-state index is 0.0396. The molecule has 0 saturated carbocycles. The molecule has 102 valence electrons. The highest BCUT2D eigenvalue weighted by Gasteiger charge is 2.07. The Hall–Kier alpha value is -2.54. The van der Waals surface area contributed by atoms with Gasteiger partial charge in [0.05, 0.1) is 12.8 Å². The van der Waals surface area contributed by atoms with Crippen molar-refractivity contribution in [1.29, 1.82) is 5.26 Å².